The van der Waals surface area contributed by atoms with Crippen LogP contribution in [-0.2, 0) is 11.2 Å². The fourth-order valence-electron chi connectivity index (χ4n) is 2.42. The summed E-state index contributed by atoms with van der Waals surface area (Å²) in [5.74, 6) is 0.277. The minimum absolute atomic E-state index is 0.173. The van der Waals surface area contributed by atoms with Crippen LogP contribution in [0.25, 0.3) is 0 Å². The quantitative estimate of drug-likeness (QED) is 0.918. The number of anilines is 1. The summed E-state index contributed by atoms with van der Waals surface area (Å²) in [6.07, 6.45) is 0.753. The molecule has 3 rings (SSSR count). The van der Waals surface area contributed by atoms with Gasteiger partial charge in [0.05, 0.1) is 5.56 Å². The fourth-order valence-corrected chi connectivity index (χ4v) is 2.42. The van der Waals surface area contributed by atoms with Gasteiger partial charge in [0.25, 0.3) is 5.91 Å². The molecular formula is C17H14N2O2. The number of hydrogen-bond acceptors (Lipinski definition) is 3. The van der Waals surface area contributed by atoms with E-state index in [1.807, 2.05) is 24.3 Å². The Labute approximate surface area is 123 Å². The molecule has 0 saturated carbocycles. The summed E-state index contributed by atoms with van der Waals surface area (Å²) in [5, 5.41) is 12.0. The zero-order valence-electron chi connectivity index (χ0n) is 11.4. The molecule has 1 aliphatic heterocycles. The molecular weight excluding hydrogens is 264 g/mol. The number of amides is 1. The standard InChI is InChI=1S/C17H14N2O2/c18-11-13-6-2-4-8-15(13)21-16-10-9-12-5-1-3-7-14(12)19-17(16)20/h1-8,16H,9-10H2,(H,19,20). The van der Waals surface area contributed by atoms with Crippen LogP contribution in [-0.4, -0.2) is 12.0 Å². The van der Waals surface area contributed by atoms with Gasteiger partial charge in [0.15, 0.2) is 6.10 Å². The van der Waals surface area contributed by atoms with Crippen molar-refractivity contribution >= 4 is 11.6 Å². The molecule has 0 saturated heterocycles. The molecule has 2 aromatic carbocycles. The molecule has 0 spiro atoms. The first-order chi connectivity index (χ1) is 10.3. The van der Waals surface area contributed by atoms with Crippen molar-refractivity contribution in [3.05, 3.63) is 59.7 Å². The molecule has 0 aliphatic carbocycles. The van der Waals surface area contributed by atoms with E-state index in [1.165, 1.54) is 0 Å². The Morgan fingerprint density at radius 1 is 1.14 bits per heavy atom. The molecule has 2 aromatic rings. The summed E-state index contributed by atoms with van der Waals surface area (Å²) in [7, 11) is 0. The number of nitrogens with zero attached hydrogens (tertiary/aromatic N) is 1. The molecule has 4 heteroatoms. The second-order valence-electron chi connectivity index (χ2n) is 4.90. The van der Waals surface area contributed by atoms with Gasteiger partial charge in [-0.15, -0.1) is 0 Å². The zero-order valence-corrected chi connectivity index (χ0v) is 11.4. The van der Waals surface area contributed by atoms with E-state index in [9.17, 15) is 4.79 Å². The number of para-hydroxylation sites is 2. The first-order valence-corrected chi connectivity index (χ1v) is 6.82. The highest BCUT2D eigenvalue weighted by atomic mass is 16.5. The Balaban J connectivity index is 1.82. The molecule has 0 fully saturated rings. The van der Waals surface area contributed by atoms with E-state index in [1.54, 1.807) is 24.3 Å². The van der Waals surface area contributed by atoms with E-state index in [-0.39, 0.29) is 5.91 Å². The van der Waals surface area contributed by atoms with Crippen LogP contribution in [0.5, 0.6) is 5.75 Å². The summed E-state index contributed by atoms with van der Waals surface area (Å²) in [6.45, 7) is 0. The van der Waals surface area contributed by atoms with Gasteiger partial charge >= 0.3 is 0 Å². The highest BCUT2D eigenvalue weighted by molar-refractivity contribution is 5.95. The lowest BCUT2D eigenvalue weighted by atomic mass is 10.1. The molecule has 1 aliphatic rings. The number of hydrogen-bond donors (Lipinski definition) is 1. The summed E-state index contributed by atoms with van der Waals surface area (Å²) < 4.78 is 5.77. The van der Waals surface area contributed by atoms with Crippen LogP contribution in [0.4, 0.5) is 5.69 Å². The molecule has 0 aromatic heterocycles. The van der Waals surface area contributed by atoms with E-state index in [0.29, 0.717) is 17.7 Å². The Morgan fingerprint density at radius 3 is 2.76 bits per heavy atom. The maximum Gasteiger partial charge on any atom is 0.265 e. The first kappa shape index (κ1) is 13.2. The maximum atomic E-state index is 12.3. The number of carbonyl (C=O) groups is 1. The average molecular weight is 278 g/mol. The number of nitrogens with one attached hydrogen (secondary N) is 1. The summed E-state index contributed by atoms with van der Waals surface area (Å²) in [5.41, 5.74) is 2.37. The molecule has 4 nitrogen and oxygen atoms in total. The summed E-state index contributed by atoms with van der Waals surface area (Å²) >= 11 is 0. The van der Waals surface area contributed by atoms with Crippen molar-refractivity contribution in [2.75, 3.05) is 5.32 Å². The lowest BCUT2D eigenvalue weighted by Gasteiger charge is -2.16. The minimum atomic E-state index is -0.591. The SMILES string of the molecule is N#Cc1ccccc1OC1CCc2ccccc2NC1=O. The lowest BCUT2D eigenvalue weighted by Crippen LogP contribution is -2.32. The van der Waals surface area contributed by atoms with Crippen LogP contribution in [0, 0.1) is 11.3 Å². The van der Waals surface area contributed by atoms with Gasteiger partial charge in [-0.2, -0.15) is 5.26 Å². The van der Waals surface area contributed by atoms with Crippen molar-refractivity contribution in [1.29, 1.82) is 5.26 Å². The van der Waals surface area contributed by atoms with E-state index >= 15 is 0 Å². The Kier molecular flexibility index (Phi) is 3.57. The van der Waals surface area contributed by atoms with Crippen LogP contribution in [0.1, 0.15) is 17.5 Å². The predicted molar refractivity (Wildman–Crippen MR) is 79.0 cm³/mol. The van der Waals surface area contributed by atoms with Gasteiger partial charge in [0.2, 0.25) is 0 Å². The number of ether oxygens (including phenoxy) is 1. The monoisotopic (exact) mass is 278 g/mol. The molecule has 0 radical (unpaired) electrons. The third-order valence-electron chi connectivity index (χ3n) is 3.52. The van der Waals surface area contributed by atoms with Crippen molar-refractivity contribution in [1.82, 2.24) is 0 Å². The van der Waals surface area contributed by atoms with Gasteiger partial charge in [-0.3, -0.25) is 4.79 Å². The van der Waals surface area contributed by atoms with E-state index in [4.69, 9.17) is 10.00 Å². The third-order valence-corrected chi connectivity index (χ3v) is 3.52. The molecule has 1 N–H and O–H groups in total. The lowest BCUT2D eigenvalue weighted by molar-refractivity contribution is -0.122. The van der Waals surface area contributed by atoms with E-state index in [0.717, 1.165) is 17.7 Å². The number of rotatable bonds is 2. The van der Waals surface area contributed by atoms with Crippen LogP contribution in [0.15, 0.2) is 48.5 Å². The number of fused-ring (bicyclic) bond motifs is 1. The number of nitriles is 1. The zero-order chi connectivity index (χ0) is 14.7. The van der Waals surface area contributed by atoms with Crippen LogP contribution in [0.3, 0.4) is 0 Å². The van der Waals surface area contributed by atoms with Crippen molar-refractivity contribution in [3.63, 3.8) is 0 Å². The van der Waals surface area contributed by atoms with E-state index < -0.39 is 6.10 Å². The second-order valence-corrected chi connectivity index (χ2v) is 4.90. The smallest absolute Gasteiger partial charge is 0.265 e. The van der Waals surface area contributed by atoms with Gasteiger partial charge in [-0.1, -0.05) is 30.3 Å². The summed E-state index contributed by atoms with van der Waals surface area (Å²) in [6, 6.07) is 16.8. The fraction of sp³-hybridized carbons (Fsp3) is 0.176. The molecule has 1 atom stereocenters. The van der Waals surface area contributed by atoms with Crippen LogP contribution < -0.4 is 10.1 Å². The highest BCUT2D eigenvalue weighted by Crippen LogP contribution is 2.25. The van der Waals surface area contributed by atoms with Gasteiger partial charge in [0, 0.05) is 5.69 Å². The number of carbonyl (C=O) groups excluding carboxylic acids is 1. The van der Waals surface area contributed by atoms with Crippen molar-refractivity contribution in [2.24, 2.45) is 0 Å². The van der Waals surface area contributed by atoms with Gasteiger partial charge < -0.3 is 10.1 Å². The predicted octanol–water partition coefficient (Wildman–Crippen LogP) is 2.89. The Bertz CT molecular complexity index is 719. The molecule has 0 bridgehead atoms. The Morgan fingerprint density at radius 2 is 1.90 bits per heavy atom. The molecule has 1 heterocycles. The minimum Gasteiger partial charge on any atom is -0.479 e. The summed E-state index contributed by atoms with van der Waals surface area (Å²) in [4.78, 5) is 12.3. The van der Waals surface area contributed by atoms with Gasteiger partial charge in [0.1, 0.15) is 11.8 Å². The van der Waals surface area contributed by atoms with Gasteiger partial charge in [-0.05, 0) is 36.6 Å². The topological polar surface area (TPSA) is 62.1 Å². The highest BCUT2D eigenvalue weighted by Gasteiger charge is 2.25. The van der Waals surface area contributed by atoms with Crippen LogP contribution in [0.2, 0.25) is 0 Å². The van der Waals surface area contributed by atoms with Crippen LogP contribution >= 0.6 is 0 Å². The van der Waals surface area contributed by atoms with Crippen molar-refractivity contribution in [3.8, 4) is 11.8 Å². The molecule has 21 heavy (non-hydrogen) atoms. The second kappa shape index (κ2) is 5.68. The Hall–Kier alpha value is -2.80. The maximum absolute atomic E-state index is 12.3. The van der Waals surface area contributed by atoms with E-state index in [2.05, 4.69) is 11.4 Å². The number of aryl methyl sites for hydroxylation is 1. The van der Waals surface area contributed by atoms with Crippen molar-refractivity contribution in [2.45, 2.75) is 18.9 Å². The molecule has 104 valence electrons. The number of benzene rings is 2. The first-order valence-electron chi connectivity index (χ1n) is 6.82. The van der Waals surface area contributed by atoms with Gasteiger partial charge in [-0.25, -0.2) is 0 Å². The third kappa shape index (κ3) is 2.72. The molecule has 1 unspecified atom stereocenters. The normalized spacial score (nSPS) is 17.1. The van der Waals surface area contributed by atoms with Crippen molar-refractivity contribution < 1.29 is 9.53 Å². The largest absolute Gasteiger partial charge is 0.479 e. The molecule has 1 amide bonds. The average Bonchev–Trinajstić information content (AvgIpc) is 2.67.